The molecule has 162 valence electrons. The lowest BCUT2D eigenvalue weighted by Crippen LogP contribution is -2.16. The number of aromatic nitrogens is 4. The summed E-state index contributed by atoms with van der Waals surface area (Å²) >= 11 is 0. The summed E-state index contributed by atoms with van der Waals surface area (Å²) in [5, 5.41) is 8.31. The number of amides is 1. The normalized spacial score (nSPS) is 19.8. The minimum absolute atomic E-state index is 0.0265. The Morgan fingerprint density at radius 1 is 1.22 bits per heavy atom. The van der Waals surface area contributed by atoms with Crippen molar-refractivity contribution in [2.75, 3.05) is 11.1 Å². The second-order valence-electron chi connectivity index (χ2n) is 8.48. The third-order valence-electron chi connectivity index (χ3n) is 6.37. The molecular formula is C24H23FN6O. The van der Waals surface area contributed by atoms with Crippen molar-refractivity contribution in [1.29, 1.82) is 0 Å². The lowest BCUT2D eigenvalue weighted by Gasteiger charge is -2.12. The number of aryl methyl sites for hydroxylation is 2. The van der Waals surface area contributed by atoms with Crippen molar-refractivity contribution in [1.82, 2.24) is 19.7 Å². The highest BCUT2D eigenvalue weighted by Gasteiger charge is 2.52. The van der Waals surface area contributed by atoms with Gasteiger partial charge < -0.3 is 11.1 Å². The number of rotatable bonds is 4. The number of hydrogen-bond acceptors (Lipinski definition) is 5. The summed E-state index contributed by atoms with van der Waals surface area (Å²) in [5.74, 6) is 0.0588. The summed E-state index contributed by atoms with van der Waals surface area (Å²) in [6, 6.07) is 5.27. The van der Waals surface area contributed by atoms with Crippen LogP contribution in [0.2, 0.25) is 0 Å². The lowest BCUT2D eigenvalue weighted by molar-refractivity contribution is -0.117. The molecule has 1 fully saturated rings. The zero-order valence-electron chi connectivity index (χ0n) is 18.0. The summed E-state index contributed by atoms with van der Waals surface area (Å²) in [7, 11) is 1.86. The van der Waals surface area contributed by atoms with Gasteiger partial charge in [0.15, 0.2) is 5.82 Å². The fourth-order valence-electron chi connectivity index (χ4n) is 4.51. The third kappa shape index (κ3) is 3.28. The molecule has 3 aromatic heterocycles. The van der Waals surface area contributed by atoms with Crippen LogP contribution in [0.4, 0.5) is 15.9 Å². The van der Waals surface area contributed by atoms with Crippen molar-refractivity contribution in [2.45, 2.75) is 19.8 Å². The Morgan fingerprint density at radius 2 is 2.03 bits per heavy atom. The second-order valence-corrected chi connectivity index (χ2v) is 8.48. The van der Waals surface area contributed by atoms with E-state index in [0.29, 0.717) is 27.7 Å². The highest BCUT2D eigenvalue weighted by molar-refractivity contribution is 6.00. The molecule has 7 nitrogen and oxygen atoms in total. The summed E-state index contributed by atoms with van der Waals surface area (Å²) < 4.78 is 16.8. The van der Waals surface area contributed by atoms with Crippen molar-refractivity contribution in [3.63, 3.8) is 0 Å². The van der Waals surface area contributed by atoms with Crippen molar-refractivity contribution in [2.24, 2.45) is 18.9 Å². The number of nitrogens with zero attached hydrogens (tertiary/aromatic N) is 4. The zero-order chi connectivity index (χ0) is 22.6. The lowest BCUT2D eigenvalue weighted by atomic mass is 9.98. The highest BCUT2D eigenvalue weighted by atomic mass is 19.1. The Labute approximate surface area is 184 Å². The van der Waals surface area contributed by atoms with Crippen molar-refractivity contribution < 1.29 is 9.18 Å². The van der Waals surface area contributed by atoms with Gasteiger partial charge in [-0.25, -0.2) is 9.37 Å². The molecule has 3 heterocycles. The average molecular weight is 430 g/mol. The maximum absolute atomic E-state index is 15.0. The predicted octanol–water partition coefficient (Wildman–Crippen LogP) is 4.05. The van der Waals surface area contributed by atoms with Gasteiger partial charge in [-0.1, -0.05) is 6.92 Å². The molecule has 0 spiro atoms. The smallest absolute Gasteiger partial charge is 0.229 e. The molecule has 32 heavy (non-hydrogen) atoms. The molecule has 1 saturated carbocycles. The van der Waals surface area contributed by atoms with Crippen LogP contribution < -0.4 is 11.1 Å². The number of pyridine rings is 2. The number of carbonyl (C=O) groups is 1. The minimum atomic E-state index is -0.502. The van der Waals surface area contributed by atoms with E-state index in [1.54, 1.807) is 29.2 Å². The Kier molecular flexibility index (Phi) is 4.65. The van der Waals surface area contributed by atoms with E-state index >= 15 is 4.39 Å². The molecule has 1 aliphatic rings. The summed E-state index contributed by atoms with van der Waals surface area (Å²) in [4.78, 5) is 21.3. The van der Waals surface area contributed by atoms with E-state index in [-0.39, 0.29) is 29.3 Å². The molecule has 4 aromatic rings. The van der Waals surface area contributed by atoms with Gasteiger partial charge in [0.05, 0.1) is 11.9 Å². The van der Waals surface area contributed by atoms with E-state index in [2.05, 4.69) is 27.3 Å². The molecule has 0 saturated heterocycles. The Morgan fingerprint density at radius 3 is 2.75 bits per heavy atom. The summed E-state index contributed by atoms with van der Waals surface area (Å²) in [5.41, 5.74) is 9.11. The van der Waals surface area contributed by atoms with Crippen LogP contribution in [0.5, 0.6) is 0 Å². The zero-order valence-corrected chi connectivity index (χ0v) is 18.0. The Bertz CT molecular complexity index is 1360. The first-order chi connectivity index (χ1) is 15.3. The van der Waals surface area contributed by atoms with Crippen molar-refractivity contribution in [3.8, 4) is 11.1 Å². The van der Waals surface area contributed by atoms with Gasteiger partial charge in [0.1, 0.15) is 5.82 Å². The fourth-order valence-corrected chi connectivity index (χ4v) is 4.51. The first-order valence-corrected chi connectivity index (χ1v) is 10.4. The second kappa shape index (κ2) is 7.40. The van der Waals surface area contributed by atoms with Gasteiger partial charge in [-0.05, 0) is 47.6 Å². The first kappa shape index (κ1) is 20.1. The molecule has 3 atom stereocenters. The number of nitrogens with one attached hydrogen (secondary N) is 1. The third-order valence-corrected chi connectivity index (χ3v) is 6.37. The molecule has 5 rings (SSSR count). The van der Waals surface area contributed by atoms with E-state index in [1.165, 1.54) is 6.20 Å². The van der Waals surface area contributed by atoms with Crippen LogP contribution in [0.15, 0.2) is 49.2 Å². The molecule has 1 aromatic carbocycles. The molecule has 1 amide bonds. The predicted molar refractivity (Wildman–Crippen MR) is 121 cm³/mol. The average Bonchev–Trinajstić information content (AvgIpc) is 3.25. The van der Waals surface area contributed by atoms with Gasteiger partial charge in [-0.2, -0.15) is 5.10 Å². The highest BCUT2D eigenvalue weighted by Crippen LogP contribution is 2.54. The molecule has 3 N–H and O–H groups in total. The Hall–Kier alpha value is -3.81. The van der Waals surface area contributed by atoms with Crippen LogP contribution in [-0.2, 0) is 11.8 Å². The number of nitrogen functional groups attached to an aromatic ring is 1. The van der Waals surface area contributed by atoms with E-state index in [1.807, 2.05) is 32.4 Å². The number of benzene rings is 1. The molecular weight excluding hydrogens is 407 g/mol. The van der Waals surface area contributed by atoms with E-state index in [4.69, 9.17) is 5.73 Å². The van der Waals surface area contributed by atoms with E-state index < -0.39 is 5.82 Å². The molecule has 0 unspecified atom stereocenters. The SMILES string of the molecule is Cc1ccncc1-c1cc2cc(NC(=O)[C@H]3[C@H](C)[C@@H]3c3cnn(C)c3)ncc2c(N)c1F. The van der Waals surface area contributed by atoms with Crippen LogP contribution in [0, 0.1) is 24.6 Å². The molecule has 0 bridgehead atoms. The molecule has 1 aliphatic carbocycles. The number of hydrogen-bond donors (Lipinski definition) is 2. The molecule has 0 radical (unpaired) electrons. The van der Waals surface area contributed by atoms with Crippen LogP contribution in [0.1, 0.15) is 24.0 Å². The number of nitrogens with two attached hydrogens (primary N) is 1. The number of anilines is 2. The Balaban J connectivity index is 1.45. The fraction of sp³-hybridized carbons (Fsp3) is 0.250. The van der Waals surface area contributed by atoms with Gasteiger partial charge in [-0.3, -0.25) is 14.5 Å². The quantitative estimate of drug-likeness (QED) is 0.476. The van der Waals surface area contributed by atoms with Crippen molar-refractivity contribution in [3.05, 3.63) is 66.1 Å². The minimum Gasteiger partial charge on any atom is -0.396 e. The van der Waals surface area contributed by atoms with Gasteiger partial charge in [0.2, 0.25) is 5.91 Å². The topological polar surface area (TPSA) is 98.7 Å². The maximum atomic E-state index is 15.0. The van der Waals surface area contributed by atoms with Crippen LogP contribution in [0.25, 0.3) is 21.9 Å². The largest absolute Gasteiger partial charge is 0.396 e. The van der Waals surface area contributed by atoms with Crippen LogP contribution in [0.3, 0.4) is 0 Å². The number of halogens is 1. The summed E-state index contributed by atoms with van der Waals surface area (Å²) in [6.45, 7) is 3.95. The van der Waals surface area contributed by atoms with Gasteiger partial charge in [0, 0.05) is 60.2 Å². The van der Waals surface area contributed by atoms with Gasteiger partial charge in [-0.15, -0.1) is 0 Å². The summed E-state index contributed by atoms with van der Waals surface area (Å²) in [6.07, 6.45) is 8.54. The number of fused-ring (bicyclic) bond motifs is 1. The standard InChI is InChI=1S/C24H23FN6O/c1-12-4-5-27-9-17(12)16-6-14-7-19(28-10-18(14)23(26)22(16)25)30-24(32)21-13(2)20(21)15-8-29-31(3)11-15/h4-11,13,20-21H,26H2,1-3H3,(H,28,30,32)/t13-,20-,21+/m1/s1. The van der Waals surface area contributed by atoms with E-state index in [0.717, 1.165) is 11.1 Å². The van der Waals surface area contributed by atoms with Gasteiger partial charge in [0.25, 0.3) is 0 Å². The van der Waals surface area contributed by atoms with Crippen molar-refractivity contribution >= 4 is 28.2 Å². The monoisotopic (exact) mass is 430 g/mol. The van der Waals surface area contributed by atoms with E-state index in [9.17, 15) is 4.79 Å². The molecule has 8 heteroatoms. The molecule has 0 aliphatic heterocycles. The van der Waals surface area contributed by atoms with Crippen LogP contribution in [-0.4, -0.2) is 25.7 Å². The number of carbonyl (C=O) groups excluding carboxylic acids is 1. The van der Waals surface area contributed by atoms with Gasteiger partial charge >= 0.3 is 0 Å². The maximum Gasteiger partial charge on any atom is 0.229 e. The first-order valence-electron chi connectivity index (χ1n) is 10.4. The van der Waals surface area contributed by atoms with Crippen LogP contribution >= 0.6 is 0 Å².